The van der Waals surface area contributed by atoms with E-state index in [0.717, 1.165) is 24.2 Å². The number of para-hydroxylation sites is 1. The Morgan fingerprint density at radius 3 is 2.86 bits per heavy atom. The van der Waals surface area contributed by atoms with Crippen molar-refractivity contribution in [3.8, 4) is 5.75 Å². The molecule has 0 heterocycles. The van der Waals surface area contributed by atoms with Crippen LogP contribution in [-0.2, 0) is 6.61 Å². The minimum absolute atomic E-state index is 0.0254. The molecule has 0 saturated carbocycles. The summed E-state index contributed by atoms with van der Waals surface area (Å²) in [5.41, 5.74) is 0.839. The van der Waals surface area contributed by atoms with Crippen LogP contribution >= 0.6 is 0 Å². The van der Waals surface area contributed by atoms with Crippen molar-refractivity contribution < 1.29 is 9.84 Å². The molecule has 0 radical (unpaired) electrons. The number of ether oxygens (including phenoxy) is 1. The molecule has 1 rings (SSSR count). The highest BCUT2D eigenvalue weighted by Crippen LogP contribution is 2.17. The molecule has 2 heteroatoms. The van der Waals surface area contributed by atoms with Crippen LogP contribution in [-0.4, -0.2) is 11.7 Å². The van der Waals surface area contributed by atoms with E-state index in [1.165, 1.54) is 0 Å². The van der Waals surface area contributed by atoms with Crippen LogP contribution in [0.2, 0.25) is 0 Å². The van der Waals surface area contributed by atoms with E-state index in [2.05, 4.69) is 6.58 Å². The van der Waals surface area contributed by atoms with E-state index < -0.39 is 0 Å². The Labute approximate surface area is 84.8 Å². The fraction of sp³-hybridized carbons (Fsp3) is 0.333. The third kappa shape index (κ3) is 3.23. The molecule has 1 aromatic rings. The molecule has 0 atom stereocenters. The maximum absolute atomic E-state index is 9.02. The van der Waals surface area contributed by atoms with Gasteiger partial charge in [-0.3, -0.25) is 0 Å². The van der Waals surface area contributed by atoms with Gasteiger partial charge in [-0.2, -0.15) is 0 Å². The first-order chi connectivity index (χ1) is 6.88. The van der Waals surface area contributed by atoms with Crippen molar-refractivity contribution in [3.05, 3.63) is 42.5 Å². The second-order valence-electron chi connectivity index (χ2n) is 3.05. The van der Waals surface area contributed by atoms with Crippen molar-refractivity contribution in [2.75, 3.05) is 6.61 Å². The number of rotatable bonds is 6. The van der Waals surface area contributed by atoms with Gasteiger partial charge in [0, 0.05) is 5.56 Å². The van der Waals surface area contributed by atoms with Gasteiger partial charge in [0.25, 0.3) is 0 Å². The molecular weight excluding hydrogens is 176 g/mol. The van der Waals surface area contributed by atoms with Gasteiger partial charge in [-0.05, 0) is 18.9 Å². The Bertz CT molecular complexity index is 281. The molecule has 14 heavy (non-hydrogen) atoms. The van der Waals surface area contributed by atoms with E-state index in [1.807, 2.05) is 30.3 Å². The smallest absolute Gasteiger partial charge is 0.124 e. The summed E-state index contributed by atoms with van der Waals surface area (Å²) in [6.07, 6.45) is 3.80. The van der Waals surface area contributed by atoms with Gasteiger partial charge in [0.05, 0.1) is 13.2 Å². The maximum atomic E-state index is 9.02. The van der Waals surface area contributed by atoms with Crippen LogP contribution in [0.15, 0.2) is 36.9 Å². The Hall–Kier alpha value is -1.28. The van der Waals surface area contributed by atoms with Crippen LogP contribution in [0.1, 0.15) is 18.4 Å². The number of allylic oxidation sites excluding steroid dienone is 1. The van der Waals surface area contributed by atoms with E-state index >= 15 is 0 Å². The van der Waals surface area contributed by atoms with Crippen molar-refractivity contribution in [1.29, 1.82) is 0 Å². The van der Waals surface area contributed by atoms with Crippen LogP contribution in [0.25, 0.3) is 0 Å². The van der Waals surface area contributed by atoms with Crippen molar-refractivity contribution in [3.63, 3.8) is 0 Å². The second-order valence-corrected chi connectivity index (χ2v) is 3.05. The molecule has 0 aromatic heterocycles. The zero-order valence-electron chi connectivity index (χ0n) is 8.28. The Morgan fingerprint density at radius 2 is 2.14 bits per heavy atom. The van der Waals surface area contributed by atoms with Gasteiger partial charge < -0.3 is 9.84 Å². The minimum atomic E-state index is 0.0254. The summed E-state index contributed by atoms with van der Waals surface area (Å²) >= 11 is 0. The van der Waals surface area contributed by atoms with E-state index in [1.54, 1.807) is 0 Å². The van der Waals surface area contributed by atoms with Crippen LogP contribution in [0.4, 0.5) is 0 Å². The zero-order valence-corrected chi connectivity index (χ0v) is 8.28. The summed E-state index contributed by atoms with van der Waals surface area (Å²) in [4.78, 5) is 0. The summed E-state index contributed by atoms with van der Waals surface area (Å²) in [7, 11) is 0. The summed E-state index contributed by atoms with van der Waals surface area (Å²) < 4.78 is 5.52. The van der Waals surface area contributed by atoms with Crippen molar-refractivity contribution >= 4 is 0 Å². The molecule has 76 valence electrons. The average molecular weight is 192 g/mol. The fourth-order valence-electron chi connectivity index (χ4n) is 1.19. The number of aliphatic hydroxyl groups excluding tert-OH is 1. The molecule has 0 unspecified atom stereocenters. The quantitative estimate of drug-likeness (QED) is 0.554. The lowest BCUT2D eigenvalue weighted by molar-refractivity contribution is 0.261. The monoisotopic (exact) mass is 192 g/mol. The largest absolute Gasteiger partial charge is 0.493 e. The van der Waals surface area contributed by atoms with Gasteiger partial charge in [-0.1, -0.05) is 24.3 Å². The van der Waals surface area contributed by atoms with Crippen molar-refractivity contribution in [1.82, 2.24) is 0 Å². The lowest BCUT2D eigenvalue weighted by Gasteiger charge is -2.08. The SMILES string of the molecule is C=CCCCOc1ccccc1CO. The number of hydrogen-bond acceptors (Lipinski definition) is 2. The average Bonchev–Trinajstić information content (AvgIpc) is 2.25. The van der Waals surface area contributed by atoms with Crippen LogP contribution in [0.3, 0.4) is 0 Å². The van der Waals surface area contributed by atoms with Crippen LogP contribution < -0.4 is 4.74 Å². The summed E-state index contributed by atoms with van der Waals surface area (Å²) in [6.45, 7) is 4.34. The normalized spacial score (nSPS) is 9.79. The lowest BCUT2D eigenvalue weighted by Crippen LogP contribution is -1.99. The van der Waals surface area contributed by atoms with Gasteiger partial charge in [-0.25, -0.2) is 0 Å². The predicted molar refractivity (Wildman–Crippen MR) is 57.3 cm³/mol. The van der Waals surface area contributed by atoms with Crippen molar-refractivity contribution in [2.24, 2.45) is 0 Å². The summed E-state index contributed by atoms with van der Waals surface area (Å²) in [5, 5.41) is 9.02. The molecule has 0 bridgehead atoms. The summed E-state index contributed by atoms with van der Waals surface area (Å²) in [5.74, 6) is 0.777. The van der Waals surface area contributed by atoms with E-state index in [4.69, 9.17) is 9.84 Å². The molecule has 2 nitrogen and oxygen atoms in total. The molecule has 1 N–H and O–H groups in total. The zero-order chi connectivity index (χ0) is 10.2. The minimum Gasteiger partial charge on any atom is -0.493 e. The summed E-state index contributed by atoms with van der Waals surface area (Å²) in [6, 6.07) is 7.53. The molecular formula is C12H16O2. The standard InChI is InChI=1S/C12H16O2/c1-2-3-6-9-14-12-8-5-4-7-11(12)10-13/h2,4-5,7-8,13H,1,3,6,9-10H2. The maximum Gasteiger partial charge on any atom is 0.124 e. The first-order valence-corrected chi connectivity index (χ1v) is 4.81. The van der Waals surface area contributed by atoms with Crippen molar-refractivity contribution in [2.45, 2.75) is 19.4 Å². The first kappa shape index (κ1) is 10.8. The number of hydrogen-bond donors (Lipinski definition) is 1. The topological polar surface area (TPSA) is 29.5 Å². The predicted octanol–water partition coefficient (Wildman–Crippen LogP) is 2.52. The Morgan fingerprint density at radius 1 is 1.36 bits per heavy atom. The second kappa shape index (κ2) is 6.22. The fourth-order valence-corrected chi connectivity index (χ4v) is 1.19. The highest BCUT2D eigenvalue weighted by molar-refractivity contribution is 5.32. The Balaban J connectivity index is 2.44. The highest BCUT2D eigenvalue weighted by Gasteiger charge is 1.99. The van der Waals surface area contributed by atoms with E-state index in [-0.39, 0.29) is 6.61 Å². The molecule has 0 spiro atoms. The highest BCUT2D eigenvalue weighted by atomic mass is 16.5. The number of benzene rings is 1. The lowest BCUT2D eigenvalue weighted by atomic mass is 10.2. The Kier molecular flexibility index (Phi) is 4.79. The molecule has 0 fully saturated rings. The molecule has 0 amide bonds. The molecule has 0 saturated heterocycles. The molecule has 0 aliphatic heterocycles. The van der Waals surface area contributed by atoms with Crippen LogP contribution in [0, 0.1) is 0 Å². The van der Waals surface area contributed by atoms with Gasteiger partial charge in [-0.15, -0.1) is 6.58 Å². The third-order valence-electron chi connectivity index (χ3n) is 1.95. The first-order valence-electron chi connectivity index (χ1n) is 4.81. The van der Waals surface area contributed by atoms with Crippen LogP contribution in [0.5, 0.6) is 5.75 Å². The number of aliphatic hydroxyl groups is 1. The molecule has 0 aliphatic rings. The van der Waals surface area contributed by atoms with E-state index in [9.17, 15) is 0 Å². The molecule has 0 aliphatic carbocycles. The molecule has 1 aromatic carbocycles. The van der Waals surface area contributed by atoms with Gasteiger partial charge in [0.15, 0.2) is 0 Å². The van der Waals surface area contributed by atoms with Gasteiger partial charge in [0.2, 0.25) is 0 Å². The van der Waals surface area contributed by atoms with Gasteiger partial charge in [0.1, 0.15) is 5.75 Å². The van der Waals surface area contributed by atoms with E-state index in [0.29, 0.717) is 6.61 Å². The third-order valence-corrected chi connectivity index (χ3v) is 1.95. The van der Waals surface area contributed by atoms with Gasteiger partial charge >= 0.3 is 0 Å². The number of unbranched alkanes of at least 4 members (excludes halogenated alkanes) is 1.